The summed E-state index contributed by atoms with van der Waals surface area (Å²) >= 11 is 0. The molecule has 28 heavy (non-hydrogen) atoms. The van der Waals surface area contributed by atoms with Gasteiger partial charge in [-0.25, -0.2) is 19.2 Å². The molecule has 0 atom stereocenters. The average Bonchev–Trinajstić information content (AvgIpc) is 2.66. The van der Waals surface area contributed by atoms with Crippen LogP contribution in [0.15, 0.2) is 24.3 Å². The molecule has 8 nitrogen and oxygen atoms in total. The van der Waals surface area contributed by atoms with Gasteiger partial charge in [-0.1, -0.05) is 0 Å². The molecule has 0 saturated carbocycles. The zero-order valence-corrected chi connectivity index (χ0v) is 15.7. The first kappa shape index (κ1) is 20.6. The van der Waals surface area contributed by atoms with Crippen molar-refractivity contribution in [1.29, 1.82) is 0 Å². The highest BCUT2D eigenvalue weighted by molar-refractivity contribution is 6.06. The van der Waals surface area contributed by atoms with E-state index in [9.17, 15) is 29.4 Å². The highest BCUT2D eigenvalue weighted by Gasteiger charge is 2.24. The number of methoxy groups -OCH3 is 2. The fourth-order valence-corrected chi connectivity index (χ4v) is 2.91. The molecule has 2 rings (SSSR count). The molecule has 0 aromatic heterocycles. The second-order valence-corrected chi connectivity index (χ2v) is 6.02. The number of carboxylic acid groups (broad SMARTS) is 2. The SMILES string of the molecule is COC(=O)c1cc(-c2cc(C(=O)OC)c(C(=O)O)cc2C)c(C)cc1C(=O)O. The zero-order valence-electron chi connectivity index (χ0n) is 15.7. The van der Waals surface area contributed by atoms with Gasteiger partial charge >= 0.3 is 23.9 Å². The summed E-state index contributed by atoms with van der Waals surface area (Å²) in [4.78, 5) is 47.0. The van der Waals surface area contributed by atoms with Crippen molar-refractivity contribution in [1.82, 2.24) is 0 Å². The Balaban J connectivity index is 2.84. The van der Waals surface area contributed by atoms with Gasteiger partial charge in [0.25, 0.3) is 0 Å². The number of ether oxygens (including phenoxy) is 2. The number of esters is 2. The molecule has 0 spiro atoms. The lowest BCUT2D eigenvalue weighted by molar-refractivity contribution is 0.0579. The standard InChI is InChI=1S/C20H18O8/c1-9-5-13(17(21)22)15(19(25)27-3)7-11(9)12-8-16(20(26)28-4)14(18(23)24)6-10(12)2/h5-8H,1-4H3,(H,21,22)(H,23,24). The van der Waals surface area contributed by atoms with Crippen LogP contribution in [0.3, 0.4) is 0 Å². The van der Waals surface area contributed by atoms with Crippen LogP contribution in [-0.2, 0) is 9.47 Å². The summed E-state index contributed by atoms with van der Waals surface area (Å²) in [5, 5.41) is 18.7. The molecular weight excluding hydrogens is 368 g/mol. The van der Waals surface area contributed by atoms with E-state index in [4.69, 9.17) is 0 Å². The number of hydrogen-bond donors (Lipinski definition) is 2. The van der Waals surface area contributed by atoms with E-state index in [1.54, 1.807) is 13.8 Å². The van der Waals surface area contributed by atoms with Gasteiger partial charge in [-0.3, -0.25) is 0 Å². The first-order valence-electron chi connectivity index (χ1n) is 8.05. The molecule has 146 valence electrons. The zero-order chi connectivity index (χ0) is 21.2. The molecule has 0 aliphatic carbocycles. The summed E-state index contributed by atoms with van der Waals surface area (Å²) in [6, 6.07) is 5.36. The van der Waals surface area contributed by atoms with Crippen LogP contribution in [0, 0.1) is 13.8 Å². The summed E-state index contributed by atoms with van der Waals surface area (Å²) in [6.07, 6.45) is 0. The van der Waals surface area contributed by atoms with Crippen molar-refractivity contribution >= 4 is 23.9 Å². The van der Waals surface area contributed by atoms with E-state index in [2.05, 4.69) is 9.47 Å². The number of carbonyl (C=O) groups is 4. The largest absolute Gasteiger partial charge is 0.478 e. The van der Waals surface area contributed by atoms with E-state index >= 15 is 0 Å². The molecule has 0 unspecified atom stereocenters. The monoisotopic (exact) mass is 386 g/mol. The minimum absolute atomic E-state index is 0.156. The van der Waals surface area contributed by atoms with Gasteiger partial charge in [-0.15, -0.1) is 0 Å². The van der Waals surface area contributed by atoms with Crippen LogP contribution in [0.2, 0.25) is 0 Å². The molecule has 0 radical (unpaired) electrons. The molecule has 0 heterocycles. The van der Waals surface area contributed by atoms with Crippen LogP contribution in [0.5, 0.6) is 0 Å². The Labute approximate surface area is 160 Å². The first-order chi connectivity index (χ1) is 13.1. The third-order valence-corrected chi connectivity index (χ3v) is 4.29. The third-order valence-electron chi connectivity index (χ3n) is 4.29. The lowest BCUT2D eigenvalue weighted by atomic mass is 9.89. The van der Waals surface area contributed by atoms with Crippen LogP contribution in [0.1, 0.15) is 52.6 Å². The molecule has 2 aromatic carbocycles. The third kappa shape index (κ3) is 3.71. The van der Waals surface area contributed by atoms with E-state index in [1.807, 2.05) is 0 Å². The maximum absolute atomic E-state index is 12.0. The predicted octanol–water partition coefficient (Wildman–Crippen LogP) is 2.94. The Morgan fingerprint density at radius 3 is 1.21 bits per heavy atom. The van der Waals surface area contributed by atoms with Gasteiger partial charge in [0.05, 0.1) is 36.5 Å². The van der Waals surface area contributed by atoms with Gasteiger partial charge in [0, 0.05) is 0 Å². The smallest absolute Gasteiger partial charge is 0.338 e. The van der Waals surface area contributed by atoms with Crippen LogP contribution < -0.4 is 0 Å². The molecule has 2 aromatic rings. The van der Waals surface area contributed by atoms with Gasteiger partial charge in [-0.2, -0.15) is 0 Å². The highest BCUT2D eigenvalue weighted by Crippen LogP contribution is 2.32. The molecule has 0 bridgehead atoms. The summed E-state index contributed by atoms with van der Waals surface area (Å²) in [6.45, 7) is 3.29. The number of aryl methyl sites for hydroxylation is 2. The topological polar surface area (TPSA) is 127 Å². The van der Waals surface area contributed by atoms with Crippen LogP contribution in [0.25, 0.3) is 11.1 Å². The highest BCUT2D eigenvalue weighted by atomic mass is 16.5. The lowest BCUT2D eigenvalue weighted by Crippen LogP contribution is -2.13. The van der Waals surface area contributed by atoms with Crippen LogP contribution >= 0.6 is 0 Å². The van der Waals surface area contributed by atoms with Crippen molar-refractivity contribution in [3.05, 3.63) is 57.6 Å². The fraction of sp³-hybridized carbons (Fsp3) is 0.200. The minimum atomic E-state index is -1.29. The molecule has 0 fully saturated rings. The normalized spacial score (nSPS) is 10.3. The van der Waals surface area contributed by atoms with Crippen molar-refractivity contribution in [2.24, 2.45) is 0 Å². The van der Waals surface area contributed by atoms with E-state index in [1.165, 1.54) is 24.3 Å². The number of aromatic carboxylic acids is 2. The van der Waals surface area contributed by atoms with Crippen molar-refractivity contribution in [3.63, 3.8) is 0 Å². The molecule has 2 N–H and O–H groups in total. The number of hydrogen-bond acceptors (Lipinski definition) is 6. The van der Waals surface area contributed by atoms with Crippen molar-refractivity contribution < 1.29 is 38.9 Å². The Hall–Kier alpha value is -3.68. The molecule has 8 heteroatoms. The van der Waals surface area contributed by atoms with Gasteiger partial charge in [0.2, 0.25) is 0 Å². The number of rotatable bonds is 5. The first-order valence-corrected chi connectivity index (χ1v) is 8.05. The van der Waals surface area contributed by atoms with Crippen LogP contribution in [-0.4, -0.2) is 48.3 Å². The average molecular weight is 386 g/mol. The quantitative estimate of drug-likeness (QED) is 0.751. The second kappa shape index (κ2) is 7.91. The maximum Gasteiger partial charge on any atom is 0.338 e. The Kier molecular flexibility index (Phi) is 5.83. The van der Waals surface area contributed by atoms with Gasteiger partial charge in [-0.05, 0) is 60.4 Å². The van der Waals surface area contributed by atoms with E-state index in [-0.39, 0.29) is 22.3 Å². The molecule has 0 amide bonds. The number of carboxylic acids is 2. The van der Waals surface area contributed by atoms with Gasteiger partial charge < -0.3 is 19.7 Å². The Morgan fingerprint density at radius 2 is 0.964 bits per heavy atom. The van der Waals surface area contributed by atoms with Gasteiger partial charge in [0.1, 0.15) is 0 Å². The molecule has 0 saturated heterocycles. The molecule has 0 aliphatic rings. The molecular formula is C20H18O8. The van der Waals surface area contributed by atoms with E-state index in [0.717, 1.165) is 14.2 Å². The fourth-order valence-electron chi connectivity index (χ4n) is 2.91. The van der Waals surface area contributed by atoms with Gasteiger partial charge in [0.15, 0.2) is 0 Å². The second-order valence-electron chi connectivity index (χ2n) is 6.02. The Morgan fingerprint density at radius 1 is 0.643 bits per heavy atom. The summed E-state index contributed by atoms with van der Waals surface area (Å²) < 4.78 is 9.33. The van der Waals surface area contributed by atoms with Crippen molar-refractivity contribution in [2.75, 3.05) is 14.2 Å². The molecule has 0 aliphatic heterocycles. The van der Waals surface area contributed by atoms with E-state index < -0.39 is 23.9 Å². The predicted molar refractivity (Wildman–Crippen MR) is 97.9 cm³/mol. The van der Waals surface area contributed by atoms with Crippen molar-refractivity contribution in [2.45, 2.75) is 13.8 Å². The van der Waals surface area contributed by atoms with Crippen molar-refractivity contribution in [3.8, 4) is 11.1 Å². The number of carbonyl (C=O) groups excluding carboxylic acids is 2. The summed E-state index contributed by atoms with van der Waals surface area (Å²) in [7, 11) is 2.27. The minimum Gasteiger partial charge on any atom is -0.478 e. The summed E-state index contributed by atoms with van der Waals surface area (Å²) in [5.74, 6) is -4.23. The number of benzene rings is 2. The van der Waals surface area contributed by atoms with Crippen LogP contribution in [0.4, 0.5) is 0 Å². The van der Waals surface area contributed by atoms with E-state index in [0.29, 0.717) is 22.3 Å². The Bertz CT molecular complexity index is 922. The lowest BCUT2D eigenvalue weighted by Gasteiger charge is -2.15. The summed E-state index contributed by atoms with van der Waals surface area (Å²) in [5.41, 5.74) is 1.21. The maximum atomic E-state index is 12.0.